The Hall–Kier alpha value is -7.58. The lowest BCUT2D eigenvalue weighted by Gasteiger charge is -2.58. The maximum atomic E-state index is 13.3. The van der Waals surface area contributed by atoms with E-state index in [0.29, 0.717) is 31.6 Å². The lowest BCUT2D eigenvalue weighted by molar-refractivity contribution is -0.0447. The highest BCUT2D eigenvalue weighted by atomic mass is 16.5. The zero-order valence-electron chi connectivity index (χ0n) is 44.4. The molecule has 392 valence electrons. The Balaban J connectivity index is 0.000000186. The quantitative estimate of drug-likeness (QED) is 0.123. The summed E-state index contributed by atoms with van der Waals surface area (Å²) in [5.74, 6) is 15.2. The number of nitrogens with two attached hydrogens (primary N) is 1. The number of hydrogen-bond acceptors (Lipinski definition) is 8. The molecular formula is C64H72N8O4. The smallest absolute Gasteiger partial charge is 0.321 e. The average Bonchev–Trinajstić information content (AvgIpc) is 3.44. The van der Waals surface area contributed by atoms with Crippen LogP contribution in [0.1, 0.15) is 70.9 Å². The zero-order valence-corrected chi connectivity index (χ0v) is 44.4. The predicted molar refractivity (Wildman–Crippen MR) is 305 cm³/mol. The van der Waals surface area contributed by atoms with Crippen molar-refractivity contribution in [2.75, 3.05) is 91.3 Å². The number of nitrogens with one attached hydrogen (secondary N) is 2. The number of urea groups is 2. The first-order chi connectivity index (χ1) is 37.2. The standard InChI is InChI=1S/C33H38N4O2.C31H34N4O2/c1-35(2)23-30-32(27-15-13-26(14-16-27)12-11-25-9-5-4-6-10-25)31-24-36(21-7-8-22-37(30)31)33(38)34-28-17-19-29(39-3)20-18-28;1-37-27-17-15-26(16-18-27)33-31(36)34-19-5-6-20-35-28(21-32)30(29(35)22-34)25-13-11-24(12-14-25)10-9-23-7-3-2-4-8-23/h4-6,9-10,13-20,30-32H,7-8,21-24H2,1-3H3,(H,34,38);2-4,7-8,11-18,28-30H,5-6,19-22,32H2,1H3,(H,33,36)/t30-,31+,32+;28-,29+,30+/m11/s1. The van der Waals surface area contributed by atoms with Crippen LogP contribution < -0.4 is 25.8 Å². The van der Waals surface area contributed by atoms with Gasteiger partial charge in [-0.25, -0.2) is 9.59 Å². The number of hydrogen-bond donors (Lipinski definition) is 3. The van der Waals surface area contributed by atoms with Crippen molar-refractivity contribution in [3.05, 3.63) is 191 Å². The van der Waals surface area contributed by atoms with Gasteiger partial charge in [0, 0.05) is 109 Å². The molecule has 6 atom stereocenters. The predicted octanol–water partition coefficient (Wildman–Crippen LogP) is 9.64. The average molecular weight is 1020 g/mol. The number of benzene rings is 6. The van der Waals surface area contributed by atoms with E-state index in [2.05, 4.69) is 112 Å². The summed E-state index contributed by atoms with van der Waals surface area (Å²) in [6.07, 6.45) is 4.14. The number of amides is 4. The monoisotopic (exact) mass is 1020 g/mol. The minimum Gasteiger partial charge on any atom is -0.497 e. The molecule has 4 amide bonds. The molecule has 0 radical (unpaired) electrons. The van der Waals surface area contributed by atoms with Crippen LogP contribution in [0.5, 0.6) is 11.5 Å². The van der Waals surface area contributed by atoms with Gasteiger partial charge in [0.05, 0.1) is 14.2 Å². The minimum absolute atomic E-state index is 0.0386. The first-order valence-corrected chi connectivity index (χ1v) is 26.8. The van der Waals surface area contributed by atoms with E-state index in [4.69, 9.17) is 15.2 Å². The van der Waals surface area contributed by atoms with Crippen LogP contribution in [0, 0.1) is 23.7 Å². The first kappa shape index (κ1) is 53.3. The van der Waals surface area contributed by atoms with Crippen molar-refractivity contribution in [2.24, 2.45) is 5.73 Å². The third-order valence-corrected chi connectivity index (χ3v) is 15.3. The van der Waals surface area contributed by atoms with Crippen LogP contribution in [0.4, 0.5) is 21.0 Å². The zero-order chi connectivity index (χ0) is 52.8. The number of rotatable bonds is 9. The lowest BCUT2D eigenvalue weighted by Crippen LogP contribution is -2.69. The van der Waals surface area contributed by atoms with Crippen molar-refractivity contribution in [3.8, 4) is 35.2 Å². The van der Waals surface area contributed by atoms with Crippen LogP contribution in [0.15, 0.2) is 158 Å². The molecule has 4 heterocycles. The fourth-order valence-corrected chi connectivity index (χ4v) is 11.4. The van der Waals surface area contributed by atoms with Crippen LogP contribution in [-0.2, 0) is 0 Å². The van der Waals surface area contributed by atoms with E-state index in [9.17, 15) is 9.59 Å². The van der Waals surface area contributed by atoms with Gasteiger partial charge in [-0.05, 0) is 161 Å². The summed E-state index contributed by atoms with van der Waals surface area (Å²) >= 11 is 0. The number of carbonyl (C=O) groups is 2. The largest absolute Gasteiger partial charge is 0.497 e. The molecule has 4 aliphatic rings. The van der Waals surface area contributed by atoms with Gasteiger partial charge in [0.25, 0.3) is 0 Å². The molecule has 4 aliphatic heterocycles. The molecule has 12 nitrogen and oxygen atoms in total. The normalized spacial score (nSPS) is 21.2. The Morgan fingerprint density at radius 3 is 1.26 bits per heavy atom. The van der Waals surface area contributed by atoms with E-state index < -0.39 is 0 Å². The Kier molecular flexibility index (Phi) is 18.1. The molecule has 12 heteroatoms. The Morgan fingerprint density at radius 2 is 0.882 bits per heavy atom. The molecule has 4 fully saturated rings. The summed E-state index contributed by atoms with van der Waals surface area (Å²) in [5.41, 5.74) is 14.4. The number of carbonyl (C=O) groups excluding carboxylic acids is 2. The fraction of sp³-hybridized carbons (Fsp3) is 0.344. The van der Waals surface area contributed by atoms with E-state index in [-0.39, 0.29) is 36.1 Å². The molecule has 6 aromatic carbocycles. The summed E-state index contributed by atoms with van der Waals surface area (Å²) in [4.78, 5) is 37.9. The molecule has 6 aromatic rings. The second-order valence-corrected chi connectivity index (χ2v) is 20.4. The molecule has 0 aromatic heterocycles. The van der Waals surface area contributed by atoms with Gasteiger partial charge in [0.2, 0.25) is 0 Å². The SMILES string of the molecule is COc1ccc(NC(=O)N2CCCCN3[C@H](CN(C)C)[C@H](c4ccc(C#Cc5ccccc5)cc4)[C@@H]3C2)cc1.COc1ccc(NC(=O)N2CCCCN3[C@H](CN)[C@H](c4ccc(C#Cc5ccccc5)cc4)[C@@H]3C2)cc1. The van der Waals surface area contributed by atoms with Crippen LogP contribution in [-0.4, -0.2) is 141 Å². The van der Waals surface area contributed by atoms with Gasteiger partial charge in [-0.3, -0.25) is 9.80 Å². The van der Waals surface area contributed by atoms with Gasteiger partial charge < -0.3 is 40.5 Å². The Bertz CT molecular complexity index is 2950. The molecule has 0 unspecified atom stereocenters. The van der Waals surface area contributed by atoms with Crippen LogP contribution in [0.25, 0.3) is 0 Å². The van der Waals surface area contributed by atoms with E-state index >= 15 is 0 Å². The van der Waals surface area contributed by atoms with Crippen molar-refractivity contribution in [1.29, 1.82) is 0 Å². The third-order valence-electron chi connectivity index (χ3n) is 15.3. The molecule has 10 rings (SSSR count). The Labute approximate surface area is 450 Å². The first-order valence-electron chi connectivity index (χ1n) is 26.8. The molecule has 0 saturated carbocycles. The van der Waals surface area contributed by atoms with Crippen molar-refractivity contribution >= 4 is 23.4 Å². The van der Waals surface area contributed by atoms with Gasteiger partial charge in [-0.15, -0.1) is 0 Å². The number of fused-ring (bicyclic) bond motifs is 2. The summed E-state index contributed by atoms with van der Waals surface area (Å²) in [7, 11) is 7.56. The Morgan fingerprint density at radius 1 is 0.513 bits per heavy atom. The van der Waals surface area contributed by atoms with E-state index in [1.54, 1.807) is 14.2 Å². The second-order valence-electron chi connectivity index (χ2n) is 20.4. The minimum atomic E-state index is -0.0616. The number of anilines is 2. The van der Waals surface area contributed by atoms with E-state index in [1.165, 1.54) is 11.1 Å². The molecular weight excluding hydrogens is 945 g/mol. The van der Waals surface area contributed by atoms with Gasteiger partial charge in [0.1, 0.15) is 11.5 Å². The summed E-state index contributed by atoms with van der Waals surface area (Å²) in [6.45, 7) is 6.62. The lowest BCUT2D eigenvalue weighted by atomic mass is 9.73. The summed E-state index contributed by atoms with van der Waals surface area (Å²) < 4.78 is 10.5. The van der Waals surface area contributed by atoms with Crippen LogP contribution in [0.2, 0.25) is 0 Å². The van der Waals surface area contributed by atoms with E-state index in [0.717, 1.165) is 104 Å². The highest BCUT2D eigenvalue weighted by Gasteiger charge is 2.51. The molecule has 4 N–H and O–H groups in total. The second kappa shape index (κ2) is 25.8. The highest BCUT2D eigenvalue weighted by Crippen LogP contribution is 2.44. The molecule has 4 saturated heterocycles. The molecule has 0 spiro atoms. The maximum absolute atomic E-state index is 13.3. The number of methoxy groups -OCH3 is 2. The van der Waals surface area contributed by atoms with Gasteiger partial charge in [-0.1, -0.05) is 84.3 Å². The van der Waals surface area contributed by atoms with Crippen molar-refractivity contribution in [2.45, 2.75) is 61.7 Å². The van der Waals surface area contributed by atoms with Crippen molar-refractivity contribution in [1.82, 2.24) is 24.5 Å². The summed E-state index contributed by atoms with van der Waals surface area (Å²) in [5, 5.41) is 6.15. The van der Waals surface area contributed by atoms with E-state index in [1.807, 2.05) is 119 Å². The molecule has 0 aliphatic carbocycles. The third kappa shape index (κ3) is 13.3. The van der Waals surface area contributed by atoms with Gasteiger partial charge in [-0.2, -0.15) is 0 Å². The summed E-state index contributed by atoms with van der Waals surface area (Å²) in [6, 6.07) is 53.5. The van der Waals surface area contributed by atoms with Crippen molar-refractivity contribution < 1.29 is 19.1 Å². The highest BCUT2D eigenvalue weighted by molar-refractivity contribution is 5.90. The van der Waals surface area contributed by atoms with Crippen LogP contribution >= 0.6 is 0 Å². The number of nitrogens with zero attached hydrogens (tertiary/aromatic N) is 5. The molecule has 76 heavy (non-hydrogen) atoms. The van der Waals surface area contributed by atoms with Crippen molar-refractivity contribution in [3.63, 3.8) is 0 Å². The van der Waals surface area contributed by atoms with Gasteiger partial charge >= 0.3 is 12.1 Å². The van der Waals surface area contributed by atoms with Crippen LogP contribution in [0.3, 0.4) is 0 Å². The molecule has 0 bridgehead atoms. The topological polar surface area (TPSA) is 119 Å². The van der Waals surface area contributed by atoms with Gasteiger partial charge in [0.15, 0.2) is 0 Å². The fourth-order valence-electron chi connectivity index (χ4n) is 11.4. The number of ether oxygens (including phenoxy) is 2. The number of likely N-dealkylation sites (N-methyl/N-ethyl adjacent to an activating group) is 1. The maximum Gasteiger partial charge on any atom is 0.321 e.